The van der Waals surface area contributed by atoms with Crippen LogP contribution in [0.4, 0.5) is 0 Å². The van der Waals surface area contributed by atoms with E-state index in [9.17, 15) is 19.8 Å². The highest BCUT2D eigenvalue weighted by Gasteiger charge is 2.69. The zero-order valence-electron chi connectivity index (χ0n) is 28.4. The summed E-state index contributed by atoms with van der Waals surface area (Å²) in [5.74, 6) is 3.37. The number of hydrogen-bond donors (Lipinski definition) is 4. The van der Waals surface area contributed by atoms with E-state index in [1.54, 1.807) is 6.07 Å². The minimum atomic E-state index is -0.349. The van der Waals surface area contributed by atoms with Crippen LogP contribution in [0.25, 0.3) is 0 Å². The summed E-state index contributed by atoms with van der Waals surface area (Å²) in [6.45, 7) is 11.1. The highest BCUT2D eigenvalue weighted by atomic mass is 16.7. The summed E-state index contributed by atoms with van der Waals surface area (Å²) in [6.07, 6.45) is 12.4. The van der Waals surface area contributed by atoms with Crippen molar-refractivity contribution in [1.82, 2.24) is 10.6 Å². The van der Waals surface area contributed by atoms with Gasteiger partial charge in [-0.3, -0.25) is 9.59 Å². The zero-order valence-corrected chi connectivity index (χ0v) is 28.4. The number of amides is 2. The topological polar surface area (TPSA) is 117 Å². The van der Waals surface area contributed by atoms with E-state index in [0.717, 1.165) is 55.6 Å². The first-order chi connectivity index (χ1) is 21.9. The van der Waals surface area contributed by atoms with Crippen LogP contribution in [0.5, 0.6) is 11.5 Å². The van der Waals surface area contributed by atoms with E-state index < -0.39 is 0 Å². The lowest BCUT2D eigenvalue weighted by molar-refractivity contribution is -0.273. The molecule has 8 heteroatoms. The molecule has 0 radical (unpaired) electrons. The van der Waals surface area contributed by atoms with Crippen molar-refractivity contribution in [3.8, 4) is 11.5 Å². The Morgan fingerprint density at radius 3 is 2.48 bits per heavy atom. The number of nitrogens with one attached hydrogen (secondary N) is 2. The monoisotopic (exact) mass is 636 g/mol. The lowest BCUT2D eigenvalue weighted by Crippen LogP contribution is -2.56. The van der Waals surface area contributed by atoms with Crippen molar-refractivity contribution in [3.05, 3.63) is 23.8 Å². The molecule has 1 aromatic rings. The predicted molar refractivity (Wildman–Crippen MR) is 175 cm³/mol. The van der Waals surface area contributed by atoms with Crippen molar-refractivity contribution in [2.24, 2.45) is 52.3 Å². The molecule has 46 heavy (non-hydrogen) atoms. The number of phenolic OH excluding ortho intramolecular Hbond substituents is 2. The fourth-order valence-electron chi connectivity index (χ4n) is 12.0. The van der Waals surface area contributed by atoms with Crippen LogP contribution in [0.2, 0.25) is 0 Å². The van der Waals surface area contributed by atoms with Crippen LogP contribution in [0, 0.1) is 52.3 Å². The van der Waals surface area contributed by atoms with E-state index in [1.807, 2.05) is 0 Å². The third-order valence-electron chi connectivity index (χ3n) is 14.4. The molecule has 1 aromatic carbocycles. The van der Waals surface area contributed by atoms with Gasteiger partial charge in [-0.1, -0.05) is 33.8 Å². The maximum absolute atomic E-state index is 12.9. The van der Waals surface area contributed by atoms with Crippen molar-refractivity contribution in [1.29, 1.82) is 0 Å². The summed E-state index contributed by atoms with van der Waals surface area (Å²) in [5, 5.41) is 25.2. The molecule has 6 fully saturated rings. The number of benzene rings is 1. The fourth-order valence-corrected chi connectivity index (χ4v) is 12.0. The number of fused-ring (bicyclic) bond motifs is 7. The molecule has 2 aliphatic heterocycles. The molecule has 4 saturated carbocycles. The Balaban J connectivity index is 0.914. The molecule has 6 aliphatic rings. The predicted octanol–water partition coefficient (Wildman–Crippen LogP) is 6.08. The molecular weight excluding hydrogens is 580 g/mol. The van der Waals surface area contributed by atoms with Gasteiger partial charge >= 0.3 is 0 Å². The van der Waals surface area contributed by atoms with Crippen molar-refractivity contribution in [3.63, 3.8) is 0 Å². The summed E-state index contributed by atoms with van der Waals surface area (Å²) in [6, 6.07) is 4.76. The van der Waals surface area contributed by atoms with Gasteiger partial charge in [0.15, 0.2) is 17.3 Å². The maximum atomic E-state index is 12.9. The molecule has 254 valence electrons. The van der Waals surface area contributed by atoms with Gasteiger partial charge in [0.25, 0.3) is 0 Å². The van der Waals surface area contributed by atoms with Gasteiger partial charge in [-0.15, -0.1) is 0 Å². The van der Waals surface area contributed by atoms with Gasteiger partial charge in [-0.05, 0) is 128 Å². The Bertz CT molecular complexity index is 1330. The molecule has 2 saturated heterocycles. The number of aromatic hydroxyl groups is 2. The van der Waals surface area contributed by atoms with E-state index in [4.69, 9.17) is 9.47 Å². The number of carbonyl (C=O) groups is 2. The van der Waals surface area contributed by atoms with E-state index in [1.165, 1.54) is 50.7 Å². The first kappa shape index (κ1) is 32.2. The molecule has 2 amide bonds. The third kappa shape index (κ3) is 5.43. The summed E-state index contributed by atoms with van der Waals surface area (Å²) < 4.78 is 13.5. The van der Waals surface area contributed by atoms with Crippen molar-refractivity contribution >= 4 is 11.8 Å². The molecule has 0 unspecified atom stereocenters. The molecule has 7 rings (SSSR count). The average molecular weight is 637 g/mol. The van der Waals surface area contributed by atoms with E-state index in [-0.39, 0.29) is 41.6 Å². The maximum Gasteiger partial charge on any atom is 0.229 e. The second-order valence-corrected chi connectivity index (χ2v) is 16.8. The molecule has 1 spiro atoms. The normalized spacial score (nSPS) is 44.5. The Morgan fingerprint density at radius 2 is 1.72 bits per heavy atom. The van der Waals surface area contributed by atoms with Crippen molar-refractivity contribution in [2.75, 3.05) is 13.2 Å². The standard InChI is InChI=1S/C38H56N2O6/c1-22-9-15-38(45-21-22)23(2)35-32(46-38)19-29-27-7-6-25-18-26(10-13-36(25,3)28(27)11-14-37(29,35)4)40-34(44)20-33(43)39-16-12-24-5-8-30(41)31(42)17-24/h5,8,17,22-23,25-29,32,35,41-42H,6-7,9-16,18-21H2,1-4H3,(H,39,43)(H,40,44)/t22-,23-,25+,26+,27+,28-,29-,32-,35-,36-,37-,38+/m0/s1. The first-order valence-corrected chi connectivity index (χ1v) is 18.3. The number of ether oxygens (including phenoxy) is 2. The zero-order chi connectivity index (χ0) is 32.4. The minimum absolute atomic E-state index is 0.137. The van der Waals surface area contributed by atoms with Crippen LogP contribution >= 0.6 is 0 Å². The van der Waals surface area contributed by atoms with Crippen LogP contribution in [-0.4, -0.2) is 53.1 Å². The molecule has 4 aliphatic carbocycles. The van der Waals surface area contributed by atoms with Crippen molar-refractivity contribution < 1.29 is 29.3 Å². The summed E-state index contributed by atoms with van der Waals surface area (Å²) >= 11 is 0. The highest BCUT2D eigenvalue weighted by molar-refractivity contribution is 5.96. The second kappa shape index (κ2) is 12.0. The molecule has 4 N–H and O–H groups in total. The number of rotatable bonds is 6. The number of hydrogen-bond acceptors (Lipinski definition) is 6. The molecule has 0 bridgehead atoms. The van der Waals surface area contributed by atoms with E-state index in [0.29, 0.717) is 53.6 Å². The molecule has 12 atom stereocenters. The third-order valence-corrected chi connectivity index (χ3v) is 14.4. The Labute approximate surface area is 274 Å². The number of phenols is 2. The number of carbonyl (C=O) groups excluding carboxylic acids is 2. The largest absolute Gasteiger partial charge is 0.504 e. The summed E-state index contributed by atoms with van der Waals surface area (Å²) in [4.78, 5) is 25.3. The van der Waals surface area contributed by atoms with Crippen LogP contribution in [0.3, 0.4) is 0 Å². The molecule has 8 nitrogen and oxygen atoms in total. The lowest BCUT2D eigenvalue weighted by Gasteiger charge is -2.61. The molecule has 0 aromatic heterocycles. The second-order valence-electron chi connectivity index (χ2n) is 16.8. The molecular formula is C38H56N2O6. The lowest BCUT2D eigenvalue weighted by atomic mass is 9.44. The first-order valence-electron chi connectivity index (χ1n) is 18.3. The van der Waals surface area contributed by atoms with E-state index in [2.05, 4.69) is 38.3 Å². The summed E-state index contributed by atoms with van der Waals surface area (Å²) in [7, 11) is 0. The Kier molecular flexibility index (Phi) is 8.39. The highest BCUT2D eigenvalue weighted by Crippen LogP contribution is 2.71. The van der Waals surface area contributed by atoms with Gasteiger partial charge in [0.05, 0.1) is 12.7 Å². The summed E-state index contributed by atoms with van der Waals surface area (Å²) in [5.41, 5.74) is 1.46. The Hall–Kier alpha value is -2.32. The molecule has 2 heterocycles. The van der Waals surface area contributed by atoms with Gasteiger partial charge in [0.1, 0.15) is 6.42 Å². The Morgan fingerprint density at radius 1 is 0.913 bits per heavy atom. The minimum Gasteiger partial charge on any atom is -0.504 e. The van der Waals surface area contributed by atoms with E-state index >= 15 is 0 Å². The fraction of sp³-hybridized carbons (Fsp3) is 0.789. The average Bonchev–Trinajstić information content (AvgIpc) is 3.46. The van der Waals surface area contributed by atoms with Gasteiger partial charge in [-0.2, -0.15) is 0 Å². The van der Waals surface area contributed by atoms with Gasteiger partial charge in [0, 0.05) is 24.9 Å². The van der Waals surface area contributed by atoms with Gasteiger partial charge < -0.3 is 30.3 Å². The van der Waals surface area contributed by atoms with Crippen LogP contribution < -0.4 is 10.6 Å². The SMILES string of the molecule is C[C@H]1CC[C@@]2(OC1)O[C@H]1C[C@H]3[C@@H]4CC[C@@H]5C[C@H](NC(=O)CC(=O)NCCc6ccc(O)c(O)c6)CC[C@]5(C)[C@H]4CC[C@]3(C)[C@H]1[C@@H]2C. The van der Waals surface area contributed by atoms with Crippen LogP contribution in [0.1, 0.15) is 104 Å². The van der Waals surface area contributed by atoms with Crippen LogP contribution in [-0.2, 0) is 25.5 Å². The van der Waals surface area contributed by atoms with Gasteiger partial charge in [-0.25, -0.2) is 0 Å². The van der Waals surface area contributed by atoms with Crippen molar-refractivity contribution in [2.45, 2.75) is 123 Å². The van der Waals surface area contributed by atoms with Gasteiger partial charge in [0.2, 0.25) is 11.8 Å². The van der Waals surface area contributed by atoms with Crippen LogP contribution in [0.15, 0.2) is 18.2 Å². The quantitative estimate of drug-likeness (QED) is 0.222. The smallest absolute Gasteiger partial charge is 0.229 e.